The van der Waals surface area contributed by atoms with E-state index in [0.717, 1.165) is 6.42 Å². The van der Waals surface area contributed by atoms with Gasteiger partial charge in [-0.1, -0.05) is 89.5 Å². The van der Waals surface area contributed by atoms with Crippen LogP contribution in [0.4, 0.5) is 0 Å². The summed E-state index contributed by atoms with van der Waals surface area (Å²) in [4.78, 5) is 10.8. The Morgan fingerprint density at radius 3 is 2.08 bits per heavy atom. The Kier molecular flexibility index (Phi) is 11.6. The summed E-state index contributed by atoms with van der Waals surface area (Å²) in [7, 11) is -1.76. The van der Waals surface area contributed by atoms with Crippen LogP contribution in [0.1, 0.15) is 60.3 Å². The Morgan fingerprint density at radius 2 is 1.56 bits per heavy atom. The first-order valence-electron chi connectivity index (χ1n) is 9.46. The molecular formula is C22H38O2Si. The molecule has 0 spiro atoms. The van der Waals surface area contributed by atoms with Crippen LogP contribution in [0, 0.1) is 0 Å². The highest BCUT2D eigenvalue weighted by Crippen LogP contribution is 2.37. The zero-order valence-corrected chi connectivity index (χ0v) is 18.3. The van der Waals surface area contributed by atoms with E-state index in [4.69, 9.17) is 4.43 Å². The van der Waals surface area contributed by atoms with E-state index in [1.54, 1.807) is 19.1 Å². The number of hydrogen-bond donors (Lipinski definition) is 0. The van der Waals surface area contributed by atoms with Crippen molar-refractivity contribution in [2.75, 3.05) is 0 Å². The fourth-order valence-corrected chi connectivity index (χ4v) is 3.29. The summed E-state index contributed by atoms with van der Waals surface area (Å²) >= 11 is 0. The van der Waals surface area contributed by atoms with E-state index in [1.165, 1.54) is 19.3 Å². The fourth-order valence-electron chi connectivity index (χ4n) is 1.98. The molecule has 2 nitrogen and oxygen atoms in total. The molecule has 0 unspecified atom stereocenters. The van der Waals surface area contributed by atoms with Crippen molar-refractivity contribution in [1.29, 1.82) is 0 Å². The third kappa shape index (κ3) is 11.9. The molecule has 0 aromatic rings. The molecule has 3 heteroatoms. The minimum atomic E-state index is -1.76. The summed E-state index contributed by atoms with van der Waals surface area (Å²) in [5.74, 6) is 0.0613. The molecule has 1 atom stereocenters. The molecule has 0 radical (unpaired) electrons. The SMILES string of the molecule is CCCCC[C@@H](/C=C/C=C/C=C/C=C/C(C)=O)O[Si](C)(C)C(C)(C)C. The summed E-state index contributed by atoms with van der Waals surface area (Å²) in [6.07, 6.45) is 20.3. The quantitative estimate of drug-likeness (QED) is 0.175. The first-order chi connectivity index (χ1) is 11.6. The fraction of sp³-hybridized carbons (Fsp3) is 0.591. The number of hydrogen-bond acceptors (Lipinski definition) is 2. The Morgan fingerprint density at radius 1 is 1.00 bits per heavy atom. The lowest BCUT2D eigenvalue weighted by molar-refractivity contribution is -0.112. The molecule has 0 saturated carbocycles. The Hall–Kier alpha value is -1.19. The molecule has 0 heterocycles. The molecule has 0 aromatic heterocycles. The van der Waals surface area contributed by atoms with Crippen LogP contribution in [0.15, 0.2) is 48.6 Å². The maximum Gasteiger partial charge on any atom is 0.192 e. The van der Waals surface area contributed by atoms with Crippen LogP contribution in [-0.4, -0.2) is 20.2 Å². The number of carbonyl (C=O) groups is 1. The summed E-state index contributed by atoms with van der Waals surface area (Å²) in [6.45, 7) is 15.3. The van der Waals surface area contributed by atoms with E-state index < -0.39 is 8.32 Å². The predicted octanol–water partition coefficient (Wildman–Crippen LogP) is 6.77. The van der Waals surface area contributed by atoms with Gasteiger partial charge in [0, 0.05) is 0 Å². The van der Waals surface area contributed by atoms with E-state index in [-0.39, 0.29) is 16.9 Å². The second-order valence-electron chi connectivity index (χ2n) is 8.04. The third-order valence-corrected chi connectivity index (χ3v) is 9.06. The highest BCUT2D eigenvalue weighted by atomic mass is 28.4. The van der Waals surface area contributed by atoms with Crippen LogP contribution < -0.4 is 0 Å². The van der Waals surface area contributed by atoms with Gasteiger partial charge in [-0.05, 0) is 37.6 Å². The summed E-state index contributed by atoms with van der Waals surface area (Å²) in [5.41, 5.74) is 0. The third-order valence-electron chi connectivity index (χ3n) is 4.56. The van der Waals surface area contributed by atoms with Crippen LogP contribution >= 0.6 is 0 Å². The smallest absolute Gasteiger partial charge is 0.192 e. The number of allylic oxidation sites excluding steroid dienone is 7. The zero-order chi connectivity index (χ0) is 19.3. The van der Waals surface area contributed by atoms with Gasteiger partial charge < -0.3 is 4.43 Å². The zero-order valence-electron chi connectivity index (χ0n) is 17.3. The van der Waals surface area contributed by atoms with Gasteiger partial charge >= 0.3 is 0 Å². The monoisotopic (exact) mass is 362 g/mol. The van der Waals surface area contributed by atoms with Crippen LogP contribution in [0.25, 0.3) is 0 Å². The van der Waals surface area contributed by atoms with E-state index >= 15 is 0 Å². The van der Waals surface area contributed by atoms with Crippen molar-refractivity contribution in [3.05, 3.63) is 48.6 Å². The van der Waals surface area contributed by atoms with Crippen molar-refractivity contribution >= 4 is 14.1 Å². The first kappa shape index (κ1) is 23.8. The Bertz CT molecular complexity index is 491. The predicted molar refractivity (Wildman–Crippen MR) is 113 cm³/mol. The largest absolute Gasteiger partial charge is 0.411 e. The molecule has 0 aromatic carbocycles. The van der Waals surface area contributed by atoms with Gasteiger partial charge in [-0.2, -0.15) is 0 Å². The number of rotatable bonds is 11. The van der Waals surface area contributed by atoms with Gasteiger partial charge in [0.25, 0.3) is 0 Å². The van der Waals surface area contributed by atoms with Gasteiger partial charge in [-0.3, -0.25) is 4.79 Å². The topological polar surface area (TPSA) is 26.3 Å². The number of carbonyl (C=O) groups excluding carboxylic acids is 1. The normalized spacial score (nSPS) is 15.2. The van der Waals surface area contributed by atoms with Gasteiger partial charge in [0.05, 0.1) is 6.10 Å². The molecule has 25 heavy (non-hydrogen) atoms. The molecule has 0 amide bonds. The van der Waals surface area contributed by atoms with Gasteiger partial charge in [0.2, 0.25) is 0 Å². The van der Waals surface area contributed by atoms with E-state index in [9.17, 15) is 4.79 Å². The van der Waals surface area contributed by atoms with Crippen molar-refractivity contribution in [3.63, 3.8) is 0 Å². The molecule has 0 bridgehead atoms. The van der Waals surface area contributed by atoms with Gasteiger partial charge in [-0.15, -0.1) is 0 Å². The highest BCUT2D eigenvalue weighted by Gasteiger charge is 2.38. The molecule has 142 valence electrons. The van der Waals surface area contributed by atoms with Gasteiger partial charge in [0.1, 0.15) is 0 Å². The first-order valence-corrected chi connectivity index (χ1v) is 12.4. The molecule has 0 aliphatic rings. The highest BCUT2D eigenvalue weighted by molar-refractivity contribution is 6.74. The van der Waals surface area contributed by atoms with Gasteiger partial charge in [-0.25, -0.2) is 0 Å². The van der Waals surface area contributed by atoms with E-state index in [0.29, 0.717) is 0 Å². The molecule has 0 aliphatic heterocycles. The summed E-state index contributed by atoms with van der Waals surface area (Å²) < 4.78 is 6.57. The number of ketones is 1. The molecule has 0 N–H and O–H groups in total. The lowest BCUT2D eigenvalue weighted by Gasteiger charge is -2.38. The summed E-state index contributed by atoms with van der Waals surface area (Å²) in [5, 5.41) is 0.228. The standard InChI is InChI=1S/C22H38O2Si/c1-8-9-14-18-21(24-25(6,7)22(3,4)5)19-16-13-11-10-12-15-17-20(2)23/h10-13,15-17,19,21H,8-9,14,18H2,1-7H3/b12-10+,13-11+,17-15+,19-16+/t21-/m0/s1. The van der Waals surface area contributed by atoms with Crippen LogP contribution in [-0.2, 0) is 9.22 Å². The van der Waals surface area contributed by atoms with Crippen molar-refractivity contribution in [2.24, 2.45) is 0 Å². The average molecular weight is 363 g/mol. The molecule has 0 fully saturated rings. The second kappa shape index (κ2) is 12.2. The minimum absolute atomic E-state index is 0.0613. The summed E-state index contributed by atoms with van der Waals surface area (Å²) in [6, 6.07) is 0. The molecule has 0 aliphatic carbocycles. The van der Waals surface area contributed by atoms with Gasteiger partial charge in [0.15, 0.2) is 14.1 Å². The average Bonchev–Trinajstić information content (AvgIpc) is 2.48. The molecular weight excluding hydrogens is 324 g/mol. The van der Waals surface area contributed by atoms with Crippen LogP contribution in [0.2, 0.25) is 18.1 Å². The second-order valence-corrected chi connectivity index (χ2v) is 12.8. The lowest BCUT2D eigenvalue weighted by Crippen LogP contribution is -2.43. The van der Waals surface area contributed by atoms with E-state index in [1.807, 2.05) is 24.3 Å². The van der Waals surface area contributed by atoms with Crippen molar-refractivity contribution < 1.29 is 9.22 Å². The minimum Gasteiger partial charge on any atom is -0.411 e. The van der Waals surface area contributed by atoms with Crippen molar-refractivity contribution in [1.82, 2.24) is 0 Å². The number of unbranched alkanes of at least 4 members (excludes halogenated alkanes) is 2. The van der Waals surface area contributed by atoms with E-state index in [2.05, 4.69) is 52.9 Å². The Balaban J connectivity index is 4.74. The van der Waals surface area contributed by atoms with Crippen molar-refractivity contribution in [3.8, 4) is 0 Å². The van der Waals surface area contributed by atoms with Crippen LogP contribution in [0.5, 0.6) is 0 Å². The maximum absolute atomic E-state index is 10.8. The molecule has 0 saturated heterocycles. The lowest BCUT2D eigenvalue weighted by atomic mass is 10.1. The maximum atomic E-state index is 10.8. The van der Waals surface area contributed by atoms with Crippen LogP contribution in [0.3, 0.4) is 0 Å². The molecule has 0 rings (SSSR count). The Labute approximate surface area is 156 Å². The van der Waals surface area contributed by atoms with Crippen molar-refractivity contribution in [2.45, 2.75) is 84.5 Å².